The van der Waals surface area contributed by atoms with E-state index in [0.717, 1.165) is 0 Å². The van der Waals surface area contributed by atoms with Gasteiger partial charge in [-0.05, 0) is 24.2 Å². The molecule has 0 amide bonds. The van der Waals surface area contributed by atoms with Crippen molar-refractivity contribution in [2.45, 2.75) is 82.1 Å². The normalized spacial score (nSPS) is 45.3. The highest BCUT2D eigenvalue weighted by atomic mass is 16.7. The highest BCUT2D eigenvalue weighted by Gasteiger charge is 2.50. The summed E-state index contributed by atoms with van der Waals surface area (Å²) >= 11 is 0. The number of aliphatic hydroxyl groups is 7. The summed E-state index contributed by atoms with van der Waals surface area (Å²) in [6.07, 6.45) is -4.85. The second kappa shape index (κ2) is 9.03. The standard InChI is InChI=1S/C19H34O9/c1-10-6-12(22)7-18(2,3)19(10,26)5-4-11(21)9-27-17-16(25)15(24)14(23)13(8-20)28-17/h4-5,10-17,20-26H,6-9H2,1-3H3. The predicted octanol–water partition coefficient (Wildman–Crippen LogP) is -1.73. The van der Waals surface area contributed by atoms with E-state index in [2.05, 4.69) is 0 Å². The molecule has 1 saturated carbocycles. The Morgan fingerprint density at radius 3 is 2.36 bits per heavy atom. The Hall–Kier alpha value is -0.620. The first-order chi connectivity index (χ1) is 12.9. The fourth-order valence-electron chi connectivity index (χ4n) is 4.19. The van der Waals surface area contributed by atoms with Crippen LogP contribution >= 0.6 is 0 Å². The third kappa shape index (κ3) is 4.75. The fourth-order valence-corrected chi connectivity index (χ4v) is 4.19. The van der Waals surface area contributed by atoms with Crippen molar-refractivity contribution >= 4 is 0 Å². The molecule has 2 aliphatic rings. The Balaban J connectivity index is 1.97. The van der Waals surface area contributed by atoms with Crippen molar-refractivity contribution in [3.05, 3.63) is 12.2 Å². The predicted molar refractivity (Wildman–Crippen MR) is 98.0 cm³/mol. The van der Waals surface area contributed by atoms with Crippen molar-refractivity contribution in [3.63, 3.8) is 0 Å². The molecule has 1 aliphatic carbocycles. The van der Waals surface area contributed by atoms with E-state index in [0.29, 0.717) is 12.8 Å². The first-order valence-corrected chi connectivity index (χ1v) is 9.63. The van der Waals surface area contributed by atoms with Crippen LogP contribution in [-0.4, -0.2) is 97.5 Å². The maximum absolute atomic E-state index is 11.1. The molecule has 1 saturated heterocycles. The second-order valence-corrected chi connectivity index (χ2v) is 8.66. The summed E-state index contributed by atoms with van der Waals surface area (Å²) in [7, 11) is 0. The van der Waals surface area contributed by atoms with Crippen molar-refractivity contribution in [2.75, 3.05) is 13.2 Å². The number of rotatable bonds is 6. The van der Waals surface area contributed by atoms with Crippen LogP contribution in [-0.2, 0) is 9.47 Å². The minimum Gasteiger partial charge on any atom is -0.394 e. The van der Waals surface area contributed by atoms with Crippen LogP contribution in [0.4, 0.5) is 0 Å². The van der Waals surface area contributed by atoms with Crippen molar-refractivity contribution < 1.29 is 45.2 Å². The quantitative estimate of drug-likeness (QED) is 0.254. The van der Waals surface area contributed by atoms with E-state index in [4.69, 9.17) is 9.47 Å². The Bertz CT molecular complexity index is 537. The summed E-state index contributed by atoms with van der Waals surface area (Å²) in [5.74, 6) is -0.221. The lowest BCUT2D eigenvalue weighted by molar-refractivity contribution is -0.303. The third-order valence-corrected chi connectivity index (χ3v) is 6.06. The minimum absolute atomic E-state index is 0.221. The summed E-state index contributed by atoms with van der Waals surface area (Å²) in [5, 5.41) is 69.9. The number of ether oxygens (including phenoxy) is 2. The van der Waals surface area contributed by atoms with E-state index in [9.17, 15) is 35.7 Å². The topological polar surface area (TPSA) is 160 Å². The molecule has 0 spiro atoms. The zero-order valence-electron chi connectivity index (χ0n) is 16.5. The summed E-state index contributed by atoms with van der Waals surface area (Å²) in [6.45, 7) is 4.68. The van der Waals surface area contributed by atoms with E-state index in [1.807, 2.05) is 20.8 Å². The first kappa shape index (κ1) is 23.7. The minimum atomic E-state index is -1.56. The average Bonchev–Trinajstić information content (AvgIpc) is 2.61. The fraction of sp³-hybridized carbons (Fsp3) is 0.895. The lowest BCUT2D eigenvalue weighted by atomic mass is 9.60. The molecular weight excluding hydrogens is 372 g/mol. The van der Waals surface area contributed by atoms with Gasteiger partial charge in [-0.25, -0.2) is 0 Å². The van der Waals surface area contributed by atoms with Crippen LogP contribution in [0.2, 0.25) is 0 Å². The largest absolute Gasteiger partial charge is 0.394 e. The smallest absolute Gasteiger partial charge is 0.186 e. The maximum atomic E-state index is 11.1. The van der Waals surface area contributed by atoms with Crippen LogP contribution in [0.25, 0.3) is 0 Å². The molecule has 9 atom stereocenters. The van der Waals surface area contributed by atoms with E-state index >= 15 is 0 Å². The molecule has 28 heavy (non-hydrogen) atoms. The van der Waals surface area contributed by atoms with Crippen molar-refractivity contribution in [3.8, 4) is 0 Å². The summed E-state index contributed by atoms with van der Waals surface area (Å²) in [6, 6.07) is 0. The van der Waals surface area contributed by atoms with Gasteiger partial charge in [-0.3, -0.25) is 0 Å². The molecule has 0 aromatic carbocycles. The van der Waals surface area contributed by atoms with Gasteiger partial charge in [-0.15, -0.1) is 0 Å². The van der Waals surface area contributed by atoms with Crippen molar-refractivity contribution in [1.29, 1.82) is 0 Å². The zero-order valence-corrected chi connectivity index (χ0v) is 16.5. The molecule has 0 radical (unpaired) electrons. The van der Waals surface area contributed by atoms with Gasteiger partial charge in [-0.1, -0.05) is 32.9 Å². The van der Waals surface area contributed by atoms with Gasteiger partial charge >= 0.3 is 0 Å². The van der Waals surface area contributed by atoms with Gasteiger partial charge in [0.25, 0.3) is 0 Å². The zero-order chi connectivity index (χ0) is 21.3. The maximum Gasteiger partial charge on any atom is 0.186 e. The van der Waals surface area contributed by atoms with E-state index in [1.165, 1.54) is 12.2 Å². The molecule has 0 aromatic heterocycles. The molecule has 0 bridgehead atoms. The van der Waals surface area contributed by atoms with Gasteiger partial charge in [0.05, 0.1) is 31.0 Å². The Labute approximate surface area is 164 Å². The monoisotopic (exact) mass is 406 g/mol. The average molecular weight is 406 g/mol. The van der Waals surface area contributed by atoms with E-state index in [-0.39, 0.29) is 12.5 Å². The molecule has 1 heterocycles. The molecule has 9 unspecified atom stereocenters. The van der Waals surface area contributed by atoms with Gasteiger partial charge < -0.3 is 45.2 Å². The summed E-state index contributed by atoms with van der Waals surface area (Å²) in [4.78, 5) is 0. The molecule has 0 aromatic rings. The van der Waals surface area contributed by atoms with Crippen molar-refractivity contribution in [1.82, 2.24) is 0 Å². The molecule has 2 rings (SSSR count). The Kier molecular flexibility index (Phi) is 7.63. The lowest BCUT2D eigenvalue weighted by Gasteiger charge is -2.50. The molecule has 164 valence electrons. The summed E-state index contributed by atoms with van der Waals surface area (Å²) < 4.78 is 10.5. The van der Waals surface area contributed by atoms with Crippen LogP contribution in [0.1, 0.15) is 33.6 Å². The summed E-state index contributed by atoms with van der Waals surface area (Å²) in [5.41, 5.74) is -1.82. The molecule has 1 aliphatic heterocycles. The van der Waals surface area contributed by atoms with Crippen LogP contribution in [0.5, 0.6) is 0 Å². The molecular formula is C19H34O9. The number of aliphatic hydroxyl groups excluding tert-OH is 6. The third-order valence-electron chi connectivity index (χ3n) is 6.06. The lowest BCUT2D eigenvalue weighted by Crippen LogP contribution is -2.59. The first-order valence-electron chi connectivity index (χ1n) is 9.63. The van der Waals surface area contributed by atoms with Gasteiger partial charge in [0.1, 0.15) is 24.4 Å². The van der Waals surface area contributed by atoms with Crippen LogP contribution in [0, 0.1) is 11.3 Å². The molecule has 9 heteroatoms. The highest BCUT2D eigenvalue weighted by molar-refractivity contribution is 5.15. The van der Waals surface area contributed by atoms with Crippen molar-refractivity contribution in [2.24, 2.45) is 11.3 Å². The van der Waals surface area contributed by atoms with Gasteiger partial charge in [0, 0.05) is 0 Å². The van der Waals surface area contributed by atoms with Gasteiger partial charge in [-0.2, -0.15) is 0 Å². The van der Waals surface area contributed by atoms with Crippen LogP contribution in [0.3, 0.4) is 0 Å². The van der Waals surface area contributed by atoms with Gasteiger partial charge in [0.15, 0.2) is 6.29 Å². The number of hydrogen-bond acceptors (Lipinski definition) is 9. The van der Waals surface area contributed by atoms with E-state index in [1.54, 1.807) is 0 Å². The number of hydrogen-bond donors (Lipinski definition) is 7. The molecule has 2 fully saturated rings. The Morgan fingerprint density at radius 1 is 1.14 bits per heavy atom. The highest BCUT2D eigenvalue weighted by Crippen LogP contribution is 2.48. The SMILES string of the molecule is CC1CC(O)CC(C)(C)C1(O)C=CC(O)COC1OC(CO)C(O)C(O)C1O. The van der Waals surface area contributed by atoms with Gasteiger partial charge in [0.2, 0.25) is 0 Å². The Morgan fingerprint density at radius 2 is 1.79 bits per heavy atom. The second-order valence-electron chi connectivity index (χ2n) is 8.66. The van der Waals surface area contributed by atoms with Crippen LogP contribution < -0.4 is 0 Å². The van der Waals surface area contributed by atoms with E-state index < -0.39 is 60.5 Å². The van der Waals surface area contributed by atoms with Crippen LogP contribution in [0.15, 0.2) is 12.2 Å². The molecule has 9 nitrogen and oxygen atoms in total. The molecule has 7 N–H and O–H groups in total.